The first kappa shape index (κ1) is 12.5. The Bertz CT molecular complexity index is 684. The molecule has 0 amide bonds. The van der Waals surface area contributed by atoms with Crippen LogP contribution in [0.5, 0.6) is 11.5 Å². The van der Waals surface area contributed by atoms with Crippen LogP contribution in [-0.2, 0) is 19.5 Å². The molecule has 2 aliphatic rings. The van der Waals surface area contributed by atoms with E-state index in [1.807, 2.05) is 18.2 Å². The molecule has 0 atom stereocenters. The van der Waals surface area contributed by atoms with Gasteiger partial charge in [-0.2, -0.15) is 0 Å². The summed E-state index contributed by atoms with van der Waals surface area (Å²) in [7, 11) is 0. The van der Waals surface area contributed by atoms with Gasteiger partial charge in [0.2, 0.25) is 6.79 Å². The molecule has 0 spiro atoms. The molecule has 0 aromatic heterocycles. The third kappa shape index (κ3) is 2.32. The van der Waals surface area contributed by atoms with Crippen LogP contribution >= 0.6 is 0 Å². The molecule has 0 bridgehead atoms. The van der Waals surface area contributed by atoms with E-state index in [0.29, 0.717) is 6.79 Å². The molecular weight excluding hydrogens is 264 g/mol. The molecule has 2 aliphatic heterocycles. The zero-order chi connectivity index (χ0) is 14.2. The lowest BCUT2D eigenvalue weighted by Crippen LogP contribution is -2.30. The molecule has 0 radical (unpaired) electrons. The molecule has 0 unspecified atom stereocenters. The maximum absolute atomic E-state index is 6.11. The number of nitrogen functional groups attached to an aromatic ring is 1. The molecule has 0 fully saturated rings. The molecule has 2 aromatic rings. The number of fused-ring (bicyclic) bond motifs is 2. The van der Waals surface area contributed by atoms with Gasteiger partial charge in [-0.3, -0.25) is 4.90 Å². The van der Waals surface area contributed by atoms with Crippen LogP contribution in [0, 0.1) is 0 Å². The van der Waals surface area contributed by atoms with Crippen molar-refractivity contribution in [3.8, 4) is 11.5 Å². The fourth-order valence-electron chi connectivity index (χ4n) is 3.10. The van der Waals surface area contributed by atoms with Gasteiger partial charge >= 0.3 is 0 Å². The summed E-state index contributed by atoms with van der Waals surface area (Å²) in [5, 5.41) is 0. The lowest BCUT2D eigenvalue weighted by atomic mass is 9.98. The Hall–Kier alpha value is -2.20. The van der Waals surface area contributed by atoms with Gasteiger partial charge in [0.15, 0.2) is 11.5 Å². The number of hydrogen-bond donors (Lipinski definition) is 1. The molecule has 0 saturated carbocycles. The maximum Gasteiger partial charge on any atom is 0.231 e. The average Bonchev–Trinajstić information content (AvgIpc) is 2.96. The van der Waals surface area contributed by atoms with Crippen molar-refractivity contribution < 1.29 is 9.47 Å². The normalized spacial score (nSPS) is 16.8. The van der Waals surface area contributed by atoms with E-state index in [4.69, 9.17) is 15.2 Å². The zero-order valence-electron chi connectivity index (χ0n) is 11.8. The van der Waals surface area contributed by atoms with Gasteiger partial charge in [0.1, 0.15) is 0 Å². The average molecular weight is 282 g/mol. The summed E-state index contributed by atoms with van der Waals surface area (Å²) in [6.07, 6.45) is 1.06. The monoisotopic (exact) mass is 282 g/mol. The minimum absolute atomic E-state index is 0.326. The van der Waals surface area contributed by atoms with Crippen molar-refractivity contribution in [3.63, 3.8) is 0 Å². The summed E-state index contributed by atoms with van der Waals surface area (Å²) in [6.45, 7) is 3.21. The number of benzene rings is 2. The largest absolute Gasteiger partial charge is 0.454 e. The second-order valence-electron chi connectivity index (χ2n) is 5.63. The van der Waals surface area contributed by atoms with Crippen molar-refractivity contribution >= 4 is 5.69 Å². The quantitative estimate of drug-likeness (QED) is 0.860. The summed E-state index contributed by atoms with van der Waals surface area (Å²) in [6, 6.07) is 12.4. The van der Waals surface area contributed by atoms with Crippen LogP contribution in [0.3, 0.4) is 0 Å². The van der Waals surface area contributed by atoms with Gasteiger partial charge in [-0.25, -0.2) is 0 Å². The van der Waals surface area contributed by atoms with Crippen molar-refractivity contribution in [3.05, 3.63) is 53.1 Å². The minimum atomic E-state index is 0.326. The van der Waals surface area contributed by atoms with E-state index >= 15 is 0 Å². The van der Waals surface area contributed by atoms with Gasteiger partial charge < -0.3 is 15.2 Å². The van der Waals surface area contributed by atoms with E-state index in [0.717, 1.165) is 43.2 Å². The molecule has 108 valence electrons. The predicted octanol–water partition coefficient (Wildman–Crippen LogP) is 2.56. The fraction of sp³-hybridized carbons (Fsp3) is 0.294. The van der Waals surface area contributed by atoms with Gasteiger partial charge in [0, 0.05) is 25.3 Å². The van der Waals surface area contributed by atoms with Crippen LogP contribution in [0.2, 0.25) is 0 Å². The highest BCUT2D eigenvalue weighted by atomic mass is 16.7. The fourth-order valence-corrected chi connectivity index (χ4v) is 3.10. The number of nitrogens with two attached hydrogens (primary N) is 1. The van der Waals surface area contributed by atoms with Crippen molar-refractivity contribution in [2.45, 2.75) is 19.5 Å². The van der Waals surface area contributed by atoms with Crippen LogP contribution in [0.15, 0.2) is 36.4 Å². The van der Waals surface area contributed by atoms with Crippen LogP contribution in [0.1, 0.15) is 16.7 Å². The third-order valence-corrected chi connectivity index (χ3v) is 4.23. The third-order valence-electron chi connectivity index (χ3n) is 4.23. The lowest BCUT2D eigenvalue weighted by molar-refractivity contribution is 0.174. The van der Waals surface area contributed by atoms with Gasteiger partial charge in [-0.1, -0.05) is 18.2 Å². The van der Waals surface area contributed by atoms with Crippen molar-refractivity contribution in [1.29, 1.82) is 0 Å². The number of ether oxygens (including phenoxy) is 2. The summed E-state index contributed by atoms with van der Waals surface area (Å²) >= 11 is 0. The number of anilines is 1. The highest BCUT2D eigenvalue weighted by Gasteiger charge is 2.19. The second-order valence-corrected chi connectivity index (χ2v) is 5.63. The van der Waals surface area contributed by atoms with Crippen molar-refractivity contribution in [1.82, 2.24) is 4.90 Å². The van der Waals surface area contributed by atoms with Gasteiger partial charge in [-0.05, 0) is 41.3 Å². The Labute approximate surface area is 124 Å². The lowest BCUT2D eigenvalue weighted by Gasteiger charge is -2.29. The molecule has 0 aliphatic carbocycles. The Morgan fingerprint density at radius 1 is 1.10 bits per heavy atom. The Balaban J connectivity index is 1.53. The highest BCUT2D eigenvalue weighted by molar-refractivity contribution is 5.52. The summed E-state index contributed by atoms with van der Waals surface area (Å²) in [5.41, 5.74) is 10.9. The van der Waals surface area contributed by atoms with Crippen LogP contribution in [0.25, 0.3) is 0 Å². The van der Waals surface area contributed by atoms with E-state index in [1.165, 1.54) is 16.7 Å². The Morgan fingerprint density at radius 2 is 2.00 bits per heavy atom. The molecule has 2 N–H and O–H groups in total. The van der Waals surface area contributed by atoms with Gasteiger partial charge in [0.05, 0.1) is 0 Å². The number of rotatable bonds is 2. The van der Waals surface area contributed by atoms with E-state index in [9.17, 15) is 0 Å². The summed E-state index contributed by atoms with van der Waals surface area (Å²) in [5.74, 6) is 1.69. The molecule has 4 rings (SSSR count). The number of nitrogens with zero attached hydrogens (tertiary/aromatic N) is 1. The summed E-state index contributed by atoms with van der Waals surface area (Å²) in [4.78, 5) is 2.43. The predicted molar refractivity (Wildman–Crippen MR) is 81.2 cm³/mol. The van der Waals surface area contributed by atoms with Crippen LogP contribution in [-0.4, -0.2) is 18.2 Å². The van der Waals surface area contributed by atoms with Crippen molar-refractivity contribution in [2.75, 3.05) is 19.1 Å². The molecule has 4 heteroatoms. The topological polar surface area (TPSA) is 47.7 Å². The first-order chi connectivity index (χ1) is 10.3. The standard InChI is InChI=1S/C17H18N2O2/c18-15-3-1-2-13-6-7-19(10-14(13)15)9-12-4-5-16-17(8-12)21-11-20-16/h1-5,8H,6-7,9-11,18H2. The highest BCUT2D eigenvalue weighted by Crippen LogP contribution is 2.33. The molecule has 0 saturated heterocycles. The molecule has 21 heavy (non-hydrogen) atoms. The van der Waals surface area contributed by atoms with E-state index in [-0.39, 0.29) is 0 Å². The maximum atomic E-state index is 6.11. The SMILES string of the molecule is Nc1cccc2c1CN(Cc1ccc3c(c1)OCO3)CC2. The minimum Gasteiger partial charge on any atom is -0.454 e. The number of hydrogen-bond acceptors (Lipinski definition) is 4. The Kier molecular flexibility index (Phi) is 2.97. The van der Waals surface area contributed by atoms with E-state index in [2.05, 4.69) is 23.1 Å². The van der Waals surface area contributed by atoms with Gasteiger partial charge in [-0.15, -0.1) is 0 Å². The summed E-state index contributed by atoms with van der Waals surface area (Å²) < 4.78 is 10.8. The molecule has 4 nitrogen and oxygen atoms in total. The van der Waals surface area contributed by atoms with Crippen molar-refractivity contribution in [2.24, 2.45) is 0 Å². The molecule has 2 heterocycles. The van der Waals surface area contributed by atoms with E-state index in [1.54, 1.807) is 0 Å². The zero-order valence-corrected chi connectivity index (χ0v) is 11.8. The van der Waals surface area contributed by atoms with Gasteiger partial charge in [0.25, 0.3) is 0 Å². The van der Waals surface area contributed by atoms with Crippen LogP contribution < -0.4 is 15.2 Å². The van der Waals surface area contributed by atoms with Crippen LogP contribution in [0.4, 0.5) is 5.69 Å². The second kappa shape index (κ2) is 4.97. The smallest absolute Gasteiger partial charge is 0.231 e. The molecular formula is C17H18N2O2. The van der Waals surface area contributed by atoms with E-state index < -0.39 is 0 Å². The molecule has 2 aromatic carbocycles. The first-order valence-corrected chi connectivity index (χ1v) is 7.27. The first-order valence-electron chi connectivity index (χ1n) is 7.27. The Morgan fingerprint density at radius 3 is 2.95 bits per heavy atom.